The number of hydrogen-bond donors (Lipinski definition) is 3. The molecule has 1 aliphatic rings. The summed E-state index contributed by atoms with van der Waals surface area (Å²) in [5.41, 5.74) is 6.17. The molecule has 1 fully saturated rings. The topological polar surface area (TPSA) is 94.6 Å². The van der Waals surface area contributed by atoms with E-state index in [4.69, 9.17) is 0 Å². The second-order valence-electron chi connectivity index (χ2n) is 10.7. The van der Waals surface area contributed by atoms with E-state index >= 15 is 0 Å². The lowest BCUT2D eigenvalue weighted by Crippen LogP contribution is -2.53. The molecule has 4 atom stereocenters. The van der Waals surface area contributed by atoms with Gasteiger partial charge in [0.25, 0.3) is 0 Å². The normalized spacial score (nSPS) is 20.5. The molecule has 2 heterocycles. The number of amides is 2. The van der Waals surface area contributed by atoms with E-state index in [1.54, 1.807) is 11.3 Å². The SMILES string of the molecule is CCc1cc(-c2scnc2C)ccc1[C@H](C)NC(=O)C1C[C@@H](O)CN1C[C@@H](NC(C)=O)C(C)(C)C. The minimum absolute atomic E-state index is 0.0889. The van der Waals surface area contributed by atoms with Crippen LogP contribution in [0.1, 0.15) is 70.8 Å². The summed E-state index contributed by atoms with van der Waals surface area (Å²) in [5.74, 6) is -0.183. The summed E-state index contributed by atoms with van der Waals surface area (Å²) in [6.07, 6.45) is 0.686. The van der Waals surface area contributed by atoms with Crippen molar-refractivity contribution in [1.82, 2.24) is 20.5 Å². The van der Waals surface area contributed by atoms with Crippen LogP contribution in [0.3, 0.4) is 0 Å². The minimum Gasteiger partial charge on any atom is -0.392 e. The number of nitrogens with one attached hydrogen (secondary N) is 2. The molecule has 2 aromatic rings. The number of aryl methyl sites for hydroxylation is 2. The number of β-amino-alcohol motifs (C(OH)–C–C–N with tert-alkyl or cyclic N) is 1. The summed E-state index contributed by atoms with van der Waals surface area (Å²) in [5, 5.41) is 16.6. The first kappa shape index (κ1) is 27.3. The first-order valence-electron chi connectivity index (χ1n) is 12.4. The Balaban J connectivity index is 1.75. The number of nitrogens with zero attached hydrogens (tertiary/aromatic N) is 2. The first-order chi connectivity index (χ1) is 16.4. The number of carbonyl (C=O) groups is 2. The highest BCUT2D eigenvalue weighted by Gasteiger charge is 2.39. The molecule has 35 heavy (non-hydrogen) atoms. The molecule has 3 N–H and O–H groups in total. The van der Waals surface area contributed by atoms with E-state index in [0.29, 0.717) is 19.5 Å². The molecule has 0 saturated carbocycles. The van der Waals surface area contributed by atoms with E-state index in [-0.39, 0.29) is 29.3 Å². The predicted octanol–water partition coefficient (Wildman–Crippen LogP) is 3.84. The molecular formula is C27H40N4O3S. The Morgan fingerprint density at radius 1 is 1.29 bits per heavy atom. The Labute approximate surface area is 213 Å². The second-order valence-corrected chi connectivity index (χ2v) is 11.6. The number of aliphatic hydroxyl groups excluding tert-OH is 1. The van der Waals surface area contributed by atoms with Crippen LogP contribution in [0.2, 0.25) is 0 Å². The molecule has 1 aromatic carbocycles. The highest BCUT2D eigenvalue weighted by Crippen LogP contribution is 2.31. The summed E-state index contributed by atoms with van der Waals surface area (Å²) in [6, 6.07) is 5.67. The van der Waals surface area contributed by atoms with Gasteiger partial charge in [-0.25, -0.2) is 4.98 Å². The standard InChI is InChI=1S/C27H40N4O3S/c1-8-19-11-20(25-17(3)28-15-35-25)9-10-22(19)16(2)29-26(34)23-12-21(33)13-31(23)14-24(27(5,6)7)30-18(4)32/h9-11,15-16,21,23-24,33H,8,12-14H2,1-7H3,(H,29,34)(H,30,32)/t16-,21+,23?,24+/m0/s1. The quantitative estimate of drug-likeness (QED) is 0.512. The fraction of sp³-hybridized carbons (Fsp3) is 0.593. The van der Waals surface area contributed by atoms with Gasteiger partial charge in [-0.2, -0.15) is 0 Å². The van der Waals surface area contributed by atoms with Crippen LogP contribution < -0.4 is 10.6 Å². The second kappa shape index (κ2) is 11.2. The van der Waals surface area contributed by atoms with Gasteiger partial charge in [-0.1, -0.05) is 39.8 Å². The van der Waals surface area contributed by atoms with Gasteiger partial charge in [0.05, 0.1) is 34.3 Å². The number of thiazole rings is 1. The minimum atomic E-state index is -0.563. The Kier molecular flexibility index (Phi) is 8.72. The smallest absolute Gasteiger partial charge is 0.237 e. The van der Waals surface area contributed by atoms with Crippen molar-refractivity contribution in [1.29, 1.82) is 0 Å². The Hall–Kier alpha value is -2.29. The molecule has 0 spiro atoms. The molecular weight excluding hydrogens is 460 g/mol. The summed E-state index contributed by atoms with van der Waals surface area (Å²) < 4.78 is 0. The van der Waals surface area contributed by atoms with Gasteiger partial charge in [-0.3, -0.25) is 14.5 Å². The molecule has 1 unspecified atom stereocenters. The van der Waals surface area contributed by atoms with E-state index in [1.165, 1.54) is 17.4 Å². The van der Waals surface area contributed by atoms with Gasteiger partial charge in [0.15, 0.2) is 0 Å². The molecule has 0 bridgehead atoms. The maximum atomic E-state index is 13.4. The van der Waals surface area contributed by atoms with E-state index in [1.807, 2.05) is 24.3 Å². The van der Waals surface area contributed by atoms with Gasteiger partial charge in [-0.15, -0.1) is 11.3 Å². The average molecular weight is 501 g/mol. The van der Waals surface area contributed by atoms with Crippen LogP contribution >= 0.6 is 11.3 Å². The summed E-state index contributed by atoms with van der Waals surface area (Å²) in [6.45, 7) is 14.8. The molecule has 3 rings (SSSR count). The van der Waals surface area contributed by atoms with Crippen LogP contribution in [-0.4, -0.2) is 58.1 Å². The van der Waals surface area contributed by atoms with Crippen molar-refractivity contribution >= 4 is 23.2 Å². The van der Waals surface area contributed by atoms with Crippen LogP contribution in [0.5, 0.6) is 0 Å². The van der Waals surface area contributed by atoms with Crippen molar-refractivity contribution in [3.8, 4) is 10.4 Å². The number of benzene rings is 1. The third-order valence-electron chi connectivity index (χ3n) is 6.88. The highest BCUT2D eigenvalue weighted by atomic mass is 32.1. The number of rotatable bonds is 8. The zero-order chi connectivity index (χ0) is 25.9. The lowest BCUT2D eigenvalue weighted by Gasteiger charge is -2.36. The summed E-state index contributed by atoms with van der Waals surface area (Å²) >= 11 is 1.64. The van der Waals surface area contributed by atoms with E-state index in [2.05, 4.69) is 61.5 Å². The predicted molar refractivity (Wildman–Crippen MR) is 141 cm³/mol. The van der Waals surface area contributed by atoms with Gasteiger partial charge >= 0.3 is 0 Å². The molecule has 2 amide bonds. The molecule has 192 valence electrons. The van der Waals surface area contributed by atoms with Gasteiger partial charge < -0.3 is 15.7 Å². The van der Waals surface area contributed by atoms with Crippen molar-refractivity contribution in [2.24, 2.45) is 5.41 Å². The number of hydrogen-bond acceptors (Lipinski definition) is 6. The average Bonchev–Trinajstić information content (AvgIpc) is 3.36. The fourth-order valence-corrected chi connectivity index (χ4v) is 5.61. The molecule has 1 aliphatic heterocycles. The summed E-state index contributed by atoms with van der Waals surface area (Å²) in [7, 11) is 0. The van der Waals surface area contributed by atoms with Crippen LogP contribution in [0.15, 0.2) is 23.7 Å². The number of aromatic nitrogens is 1. The Bertz CT molecular complexity index is 1050. The highest BCUT2D eigenvalue weighted by molar-refractivity contribution is 7.13. The van der Waals surface area contributed by atoms with Gasteiger partial charge in [0, 0.05) is 26.1 Å². The maximum absolute atomic E-state index is 13.4. The Morgan fingerprint density at radius 3 is 2.57 bits per heavy atom. The maximum Gasteiger partial charge on any atom is 0.237 e. The zero-order valence-electron chi connectivity index (χ0n) is 22.0. The van der Waals surface area contributed by atoms with Crippen LogP contribution in [0, 0.1) is 12.3 Å². The van der Waals surface area contributed by atoms with E-state index < -0.39 is 12.1 Å². The van der Waals surface area contributed by atoms with Gasteiger partial charge in [-0.05, 0) is 54.9 Å². The number of likely N-dealkylation sites (tertiary alicyclic amines) is 1. The van der Waals surface area contributed by atoms with Gasteiger partial charge in [0.2, 0.25) is 11.8 Å². The third kappa shape index (κ3) is 6.68. The molecule has 0 aliphatic carbocycles. The largest absolute Gasteiger partial charge is 0.392 e. The monoisotopic (exact) mass is 500 g/mol. The van der Waals surface area contributed by atoms with Gasteiger partial charge in [0.1, 0.15) is 0 Å². The zero-order valence-corrected chi connectivity index (χ0v) is 22.8. The fourth-order valence-electron chi connectivity index (χ4n) is 4.81. The van der Waals surface area contributed by atoms with Crippen molar-refractivity contribution in [2.45, 2.75) is 85.5 Å². The number of aliphatic hydroxyl groups is 1. The molecule has 7 nitrogen and oxygen atoms in total. The van der Waals surface area contributed by atoms with Crippen molar-refractivity contribution in [3.05, 3.63) is 40.5 Å². The third-order valence-corrected chi connectivity index (χ3v) is 7.86. The van der Waals surface area contributed by atoms with E-state index in [9.17, 15) is 14.7 Å². The first-order valence-corrected chi connectivity index (χ1v) is 13.3. The van der Waals surface area contributed by atoms with Crippen molar-refractivity contribution in [2.75, 3.05) is 13.1 Å². The Morgan fingerprint density at radius 2 is 2.00 bits per heavy atom. The molecule has 1 saturated heterocycles. The van der Waals surface area contributed by atoms with Crippen LogP contribution in [0.4, 0.5) is 0 Å². The summed E-state index contributed by atoms with van der Waals surface area (Å²) in [4.78, 5) is 32.7. The number of carbonyl (C=O) groups excluding carboxylic acids is 2. The molecule has 8 heteroatoms. The molecule has 0 radical (unpaired) electrons. The van der Waals surface area contributed by atoms with Crippen LogP contribution in [0.25, 0.3) is 10.4 Å². The van der Waals surface area contributed by atoms with Crippen molar-refractivity contribution < 1.29 is 14.7 Å². The lowest BCUT2D eigenvalue weighted by atomic mass is 9.86. The van der Waals surface area contributed by atoms with Crippen LogP contribution in [-0.2, 0) is 16.0 Å². The molecule has 1 aromatic heterocycles. The lowest BCUT2D eigenvalue weighted by molar-refractivity contribution is -0.126. The van der Waals surface area contributed by atoms with E-state index in [0.717, 1.165) is 23.2 Å². The van der Waals surface area contributed by atoms with Crippen molar-refractivity contribution in [3.63, 3.8) is 0 Å².